The highest BCUT2D eigenvalue weighted by molar-refractivity contribution is 7.89. The van der Waals surface area contributed by atoms with Crippen LogP contribution in [0.25, 0.3) is 10.9 Å². The van der Waals surface area contributed by atoms with E-state index in [1.807, 2.05) is 30.3 Å². The molecule has 0 saturated carbocycles. The Morgan fingerprint density at radius 1 is 1.31 bits per heavy atom. The van der Waals surface area contributed by atoms with Crippen LogP contribution in [-0.4, -0.2) is 68.1 Å². The third-order valence-corrected chi connectivity index (χ3v) is 7.56. The molecule has 1 unspecified atom stereocenters. The molecule has 4 rings (SSSR count). The van der Waals surface area contributed by atoms with E-state index in [2.05, 4.69) is 9.72 Å². The van der Waals surface area contributed by atoms with Crippen molar-refractivity contribution in [1.82, 2.24) is 9.29 Å². The number of nitro benzene ring substituents is 1. The third-order valence-electron chi connectivity index (χ3n) is 5.29. The van der Waals surface area contributed by atoms with E-state index in [-0.39, 0.29) is 52.8 Å². The fourth-order valence-electron chi connectivity index (χ4n) is 3.74. The van der Waals surface area contributed by atoms with Gasteiger partial charge >= 0.3 is 0 Å². The van der Waals surface area contributed by atoms with E-state index in [9.17, 15) is 23.3 Å². The average Bonchev–Trinajstić information content (AvgIpc) is 3.20. The molecule has 1 N–H and O–H groups in total. The Morgan fingerprint density at radius 2 is 2.03 bits per heavy atom. The topological polar surface area (TPSA) is 141 Å². The van der Waals surface area contributed by atoms with Crippen molar-refractivity contribution in [3.8, 4) is 5.75 Å². The number of sulfonamides is 1. The van der Waals surface area contributed by atoms with Crippen molar-refractivity contribution < 1.29 is 32.3 Å². The number of aryl methyl sites for hydroxylation is 1. The van der Waals surface area contributed by atoms with E-state index in [0.29, 0.717) is 24.5 Å². The van der Waals surface area contributed by atoms with Crippen LogP contribution in [0.15, 0.2) is 47.4 Å². The molecule has 11 nitrogen and oxygen atoms in total. The first-order valence-corrected chi connectivity index (χ1v) is 12.8. The molecule has 0 spiro atoms. The number of morpholine rings is 1. The summed E-state index contributed by atoms with van der Waals surface area (Å²) >= 11 is 6.04. The number of ether oxygens (including phenoxy) is 3. The average molecular weight is 540 g/mol. The fraction of sp³-hybridized carbons (Fsp3) is 0.348. The van der Waals surface area contributed by atoms with Crippen molar-refractivity contribution in [3.05, 3.63) is 63.3 Å². The minimum atomic E-state index is -3.97. The predicted octanol–water partition coefficient (Wildman–Crippen LogP) is 3.69. The normalized spacial score (nSPS) is 16.1. The number of H-pyrrole nitrogens is 1. The smallest absolute Gasteiger partial charge is 0.294 e. The molecule has 3 aromatic rings. The molecule has 1 aliphatic rings. The number of halogens is 1. The summed E-state index contributed by atoms with van der Waals surface area (Å²) in [6.45, 7) is 4.91. The Bertz CT molecular complexity index is 1310. The number of nitrogens with zero attached hydrogens (tertiary/aromatic N) is 2. The van der Waals surface area contributed by atoms with Crippen LogP contribution in [-0.2, 0) is 24.3 Å². The highest BCUT2D eigenvalue weighted by Gasteiger charge is 2.35. The number of non-ortho nitro benzene ring substituents is 1. The molecule has 2 aromatic carbocycles. The van der Waals surface area contributed by atoms with Crippen LogP contribution < -0.4 is 4.74 Å². The lowest BCUT2D eigenvalue weighted by molar-refractivity contribution is -0.383. The predicted molar refractivity (Wildman–Crippen MR) is 133 cm³/mol. The summed E-state index contributed by atoms with van der Waals surface area (Å²) in [7, 11) is -3.97. The Morgan fingerprint density at radius 3 is 2.64 bits per heavy atom. The zero-order valence-electron chi connectivity index (χ0n) is 19.7. The number of para-hydroxylation sites is 1. The number of aromatic amines is 1. The highest BCUT2D eigenvalue weighted by Crippen LogP contribution is 2.36. The lowest BCUT2D eigenvalue weighted by Gasteiger charge is -2.32. The lowest BCUT2D eigenvalue weighted by Crippen LogP contribution is -2.47. The summed E-state index contributed by atoms with van der Waals surface area (Å²) in [6, 6.07) is 11.8. The minimum absolute atomic E-state index is 0.0160. The third kappa shape index (κ3) is 6.32. The van der Waals surface area contributed by atoms with Gasteiger partial charge in [0.1, 0.15) is 28.9 Å². The first-order valence-electron chi connectivity index (χ1n) is 11.0. The van der Waals surface area contributed by atoms with E-state index in [1.165, 1.54) is 16.4 Å². The first kappa shape index (κ1) is 27.4. The van der Waals surface area contributed by atoms with E-state index < -0.39 is 21.1 Å². The Balaban J connectivity index is 0.000000658. The number of fused-ring (bicyclic) bond motifs is 1. The van der Waals surface area contributed by atoms with E-state index in [0.717, 1.165) is 0 Å². The SMILES string of the molecule is CCOC=O.Cc1[nH]c2c([N+](=O)[O-])cc(Cl)cc2c1S(=O)(=O)N1CCOC(COc2ccccc2)C1. The molecule has 36 heavy (non-hydrogen) atoms. The van der Waals surface area contributed by atoms with Gasteiger partial charge in [-0.2, -0.15) is 4.31 Å². The molecule has 1 fully saturated rings. The van der Waals surface area contributed by atoms with Crippen molar-refractivity contribution in [2.24, 2.45) is 0 Å². The molecule has 13 heteroatoms. The monoisotopic (exact) mass is 539 g/mol. The summed E-state index contributed by atoms with van der Waals surface area (Å²) in [5, 5.41) is 11.7. The number of aromatic nitrogens is 1. The van der Waals surface area contributed by atoms with Gasteiger partial charge in [0, 0.05) is 35.3 Å². The molecule has 0 radical (unpaired) electrons. The van der Waals surface area contributed by atoms with Gasteiger partial charge in [0.05, 0.1) is 18.1 Å². The largest absolute Gasteiger partial charge is 0.491 e. The first-order chi connectivity index (χ1) is 17.2. The summed E-state index contributed by atoms with van der Waals surface area (Å²) < 4.78 is 43.8. The van der Waals surface area contributed by atoms with Crippen molar-refractivity contribution >= 4 is 44.7 Å². The van der Waals surface area contributed by atoms with Crippen LogP contribution in [0.4, 0.5) is 5.69 Å². The number of carbonyl (C=O) groups is 1. The second-order valence-corrected chi connectivity index (χ2v) is 10.0. The molecule has 2 heterocycles. The van der Waals surface area contributed by atoms with Gasteiger partial charge in [-0.3, -0.25) is 14.9 Å². The van der Waals surface area contributed by atoms with E-state index in [4.69, 9.17) is 21.1 Å². The van der Waals surface area contributed by atoms with Crippen molar-refractivity contribution in [2.75, 3.05) is 32.9 Å². The van der Waals surface area contributed by atoms with Crippen LogP contribution in [0.1, 0.15) is 12.6 Å². The summed E-state index contributed by atoms with van der Waals surface area (Å²) in [4.78, 5) is 22.8. The van der Waals surface area contributed by atoms with Gasteiger partial charge < -0.3 is 19.2 Å². The Hall–Kier alpha value is -3.19. The number of rotatable bonds is 8. The number of hydrogen-bond acceptors (Lipinski definition) is 8. The lowest BCUT2D eigenvalue weighted by atomic mass is 10.2. The van der Waals surface area contributed by atoms with Gasteiger partial charge in [0.15, 0.2) is 0 Å². The van der Waals surface area contributed by atoms with Crippen molar-refractivity contribution in [2.45, 2.75) is 24.8 Å². The summed E-state index contributed by atoms with van der Waals surface area (Å²) in [6.07, 6.45) is -0.452. The summed E-state index contributed by atoms with van der Waals surface area (Å²) in [5.74, 6) is 0.667. The number of carbonyl (C=O) groups excluding carboxylic acids is 1. The molecule has 1 atom stereocenters. The van der Waals surface area contributed by atoms with Crippen LogP contribution >= 0.6 is 11.6 Å². The number of benzene rings is 2. The fourth-order valence-corrected chi connectivity index (χ4v) is 5.76. The highest BCUT2D eigenvalue weighted by atomic mass is 35.5. The molecule has 0 aliphatic carbocycles. The quantitative estimate of drug-likeness (QED) is 0.259. The van der Waals surface area contributed by atoms with Crippen LogP contribution in [0.5, 0.6) is 5.75 Å². The molecule has 1 saturated heterocycles. The maximum Gasteiger partial charge on any atom is 0.294 e. The van der Waals surface area contributed by atoms with E-state index >= 15 is 0 Å². The van der Waals surface area contributed by atoms with Crippen molar-refractivity contribution in [3.63, 3.8) is 0 Å². The molecule has 194 valence electrons. The number of nitrogens with one attached hydrogen (secondary N) is 1. The second-order valence-electron chi connectivity index (χ2n) is 7.72. The molecule has 1 aromatic heterocycles. The molecular weight excluding hydrogens is 514 g/mol. The Labute approximate surface area is 213 Å². The van der Waals surface area contributed by atoms with Crippen LogP contribution in [0.2, 0.25) is 5.02 Å². The maximum atomic E-state index is 13.5. The minimum Gasteiger partial charge on any atom is -0.491 e. The van der Waals surface area contributed by atoms with Gasteiger partial charge in [-0.25, -0.2) is 8.42 Å². The molecule has 1 aliphatic heterocycles. The number of hydrogen-bond donors (Lipinski definition) is 1. The maximum absolute atomic E-state index is 13.5. The van der Waals surface area contributed by atoms with Gasteiger partial charge in [-0.15, -0.1) is 0 Å². The Kier molecular flexibility index (Phi) is 9.26. The second kappa shape index (κ2) is 12.2. The molecule has 0 amide bonds. The standard InChI is InChI=1S/C20H20ClN3O6S.C3H6O2/c1-13-20(17-9-14(21)10-18(24(25)26)19(17)22-13)31(27,28)23-7-8-29-16(11-23)12-30-15-5-3-2-4-6-15;1-2-5-3-4/h2-6,9-10,16,22H,7-8,11-12H2,1H3;3H,2H2,1H3. The van der Waals surface area contributed by atoms with Gasteiger partial charge in [0.25, 0.3) is 12.2 Å². The van der Waals surface area contributed by atoms with Crippen LogP contribution in [0.3, 0.4) is 0 Å². The van der Waals surface area contributed by atoms with Gasteiger partial charge in [-0.1, -0.05) is 29.8 Å². The zero-order valence-corrected chi connectivity index (χ0v) is 21.3. The van der Waals surface area contributed by atoms with Gasteiger partial charge in [0.2, 0.25) is 10.0 Å². The number of nitro groups is 1. The zero-order chi connectivity index (χ0) is 26.3. The summed E-state index contributed by atoms with van der Waals surface area (Å²) in [5.41, 5.74) is 0.162. The van der Waals surface area contributed by atoms with Gasteiger partial charge in [-0.05, 0) is 32.0 Å². The molecule has 0 bridgehead atoms. The van der Waals surface area contributed by atoms with E-state index in [1.54, 1.807) is 13.8 Å². The molecular formula is C23H26ClN3O8S. The van der Waals surface area contributed by atoms with Crippen LogP contribution in [0, 0.1) is 17.0 Å². The van der Waals surface area contributed by atoms with Crippen molar-refractivity contribution in [1.29, 1.82) is 0 Å².